The largest absolute Gasteiger partial charge is 0.398 e. The number of carbonyl (C=O) groups is 1. The van der Waals surface area contributed by atoms with Gasteiger partial charge in [-0.15, -0.1) is 0 Å². The predicted octanol–water partition coefficient (Wildman–Crippen LogP) is 1.37. The summed E-state index contributed by atoms with van der Waals surface area (Å²) in [7, 11) is 0. The Morgan fingerprint density at radius 2 is 1.86 bits per heavy atom. The summed E-state index contributed by atoms with van der Waals surface area (Å²) in [5, 5.41) is 9.25. The molecule has 5 heteroatoms. The lowest BCUT2D eigenvalue weighted by molar-refractivity contribution is 0.100. The summed E-state index contributed by atoms with van der Waals surface area (Å²) in [6.07, 6.45) is 0. The van der Waals surface area contributed by atoms with Crippen molar-refractivity contribution in [3.63, 3.8) is 0 Å². The maximum absolute atomic E-state index is 11.4. The van der Waals surface area contributed by atoms with E-state index in [-0.39, 0.29) is 6.61 Å². The number of nitrogens with zero attached hydrogens (tertiary/aromatic N) is 1. The highest BCUT2D eigenvalue weighted by atomic mass is 16.3. The van der Waals surface area contributed by atoms with E-state index in [1.165, 1.54) is 0 Å². The summed E-state index contributed by atoms with van der Waals surface area (Å²) in [6, 6.07) is 15.0. The van der Waals surface area contributed by atoms with Crippen LogP contribution in [0.4, 0.5) is 11.4 Å². The zero-order valence-corrected chi connectivity index (χ0v) is 11.7. The Morgan fingerprint density at radius 3 is 2.48 bits per heavy atom. The molecule has 21 heavy (non-hydrogen) atoms. The number of hydrogen-bond donors (Lipinski definition) is 3. The van der Waals surface area contributed by atoms with E-state index in [9.17, 15) is 9.90 Å². The molecular weight excluding hydrogens is 266 g/mol. The van der Waals surface area contributed by atoms with Gasteiger partial charge in [0.05, 0.1) is 12.2 Å². The van der Waals surface area contributed by atoms with Gasteiger partial charge in [0.2, 0.25) is 0 Å². The number of carbonyl (C=O) groups excluding carboxylic acids is 1. The van der Waals surface area contributed by atoms with Gasteiger partial charge in [-0.1, -0.05) is 30.3 Å². The van der Waals surface area contributed by atoms with E-state index in [4.69, 9.17) is 11.5 Å². The number of hydrogen-bond acceptors (Lipinski definition) is 4. The molecular formula is C16H19N3O2. The zero-order valence-electron chi connectivity index (χ0n) is 11.7. The average Bonchev–Trinajstić information content (AvgIpc) is 2.48. The van der Waals surface area contributed by atoms with Crippen molar-refractivity contribution in [2.24, 2.45) is 5.73 Å². The fraction of sp³-hybridized carbons (Fsp3) is 0.188. The predicted molar refractivity (Wildman–Crippen MR) is 84.0 cm³/mol. The van der Waals surface area contributed by atoms with E-state index in [0.29, 0.717) is 24.3 Å². The molecule has 5 N–H and O–H groups in total. The molecule has 110 valence electrons. The average molecular weight is 285 g/mol. The Morgan fingerprint density at radius 1 is 1.14 bits per heavy atom. The fourth-order valence-electron chi connectivity index (χ4n) is 2.18. The molecule has 2 aromatic rings. The number of aliphatic hydroxyl groups is 1. The van der Waals surface area contributed by atoms with Crippen LogP contribution in [0.3, 0.4) is 0 Å². The van der Waals surface area contributed by atoms with E-state index in [2.05, 4.69) is 0 Å². The number of aliphatic hydroxyl groups excluding tert-OH is 1. The van der Waals surface area contributed by atoms with E-state index in [1.807, 2.05) is 41.3 Å². The van der Waals surface area contributed by atoms with Crippen molar-refractivity contribution in [2.45, 2.75) is 6.54 Å². The van der Waals surface area contributed by atoms with Crippen molar-refractivity contribution < 1.29 is 9.90 Å². The summed E-state index contributed by atoms with van der Waals surface area (Å²) in [4.78, 5) is 13.4. The molecule has 0 aliphatic heterocycles. The summed E-state index contributed by atoms with van der Waals surface area (Å²) in [5.74, 6) is -0.557. The zero-order chi connectivity index (χ0) is 15.2. The van der Waals surface area contributed by atoms with Crippen molar-refractivity contribution in [3.05, 3.63) is 59.7 Å². The molecule has 0 atom stereocenters. The highest BCUT2D eigenvalue weighted by molar-refractivity contribution is 5.99. The van der Waals surface area contributed by atoms with Gasteiger partial charge in [0, 0.05) is 24.5 Å². The monoisotopic (exact) mass is 285 g/mol. The minimum atomic E-state index is -0.557. The molecule has 2 rings (SSSR count). The third kappa shape index (κ3) is 3.73. The van der Waals surface area contributed by atoms with Crippen molar-refractivity contribution in [1.82, 2.24) is 0 Å². The van der Waals surface area contributed by atoms with Gasteiger partial charge in [0.15, 0.2) is 0 Å². The second-order valence-electron chi connectivity index (χ2n) is 4.77. The van der Waals surface area contributed by atoms with Crippen LogP contribution in [0.2, 0.25) is 0 Å². The Balaban J connectivity index is 2.29. The molecule has 0 saturated heterocycles. The van der Waals surface area contributed by atoms with Gasteiger partial charge in [-0.2, -0.15) is 0 Å². The van der Waals surface area contributed by atoms with E-state index in [0.717, 1.165) is 11.3 Å². The van der Waals surface area contributed by atoms with Crippen molar-refractivity contribution >= 4 is 17.3 Å². The first-order valence-electron chi connectivity index (χ1n) is 6.71. The van der Waals surface area contributed by atoms with Crippen LogP contribution in [0.25, 0.3) is 0 Å². The number of nitrogens with two attached hydrogens (primary N) is 2. The molecule has 0 unspecified atom stereocenters. The Kier molecular flexibility index (Phi) is 4.79. The maximum atomic E-state index is 11.4. The first-order chi connectivity index (χ1) is 10.1. The molecule has 0 aliphatic rings. The van der Waals surface area contributed by atoms with Gasteiger partial charge in [-0.3, -0.25) is 4.79 Å². The van der Waals surface area contributed by atoms with E-state index in [1.54, 1.807) is 12.1 Å². The van der Waals surface area contributed by atoms with Crippen molar-refractivity contribution in [3.8, 4) is 0 Å². The summed E-state index contributed by atoms with van der Waals surface area (Å²) in [5.41, 5.74) is 13.6. The van der Waals surface area contributed by atoms with Gasteiger partial charge in [0.25, 0.3) is 5.91 Å². The maximum Gasteiger partial charge on any atom is 0.250 e. The van der Waals surface area contributed by atoms with Crippen molar-refractivity contribution in [1.29, 1.82) is 0 Å². The van der Waals surface area contributed by atoms with Gasteiger partial charge >= 0.3 is 0 Å². The number of anilines is 2. The van der Waals surface area contributed by atoms with Crippen LogP contribution in [0.15, 0.2) is 48.5 Å². The molecule has 0 spiro atoms. The molecule has 0 aromatic heterocycles. The lowest BCUT2D eigenvalue weighted by atomic mass is 10.1. The summed E-state index contributed by atoms with van der Waals surface area (Å²) >= 11 is 0. The van der Waals surface area contributed by atoms with Crippen molar-refractivity contribution in [2.75, 3.05) is 23.8 Å². The lowest BCUT2D eigenvalue weighted by Crippen LogP contribution is -2.26. The quantitative estimate of drug-likeness (QED) is 0.699. The molecule has 0 heterocycles. The fourth-order valence-corrected chi connectivity index (χ4v) is 2.18. The molecule has 2 aromatic carbocycles. The lowest BCUT2D eigenvalue weighted by Gasteiger charge is -2.25. The highest BCUT2D eigenvalue weighted by Gasteiger charge is 2.12. The third-order valence-electron chi connectivity index (χ3n) is 3.25. The van der Waals surface area contributed by atoms with Crippen LogP contribution in [-0.4, -0.2) is 24.2 Å². The molecule has 0 aliphatic carbocycles. The van der Waals surface area contributed by atoms with E-state index >= 15 is 0 Å². The Hall–Kier alpha value is -2.53. The summed E-state index contributed by atoms with van der Waals surface area (Å²) < 4.78 is 0. The number of primary amides is 1. The molecule has 0 radical (unpaired) electrons. The van der Waals surface area contributed by atoms with Gasteiger partial charge in [0.1, 0.15) is 0 Å². The second kappa shape index (κ2) is 6.76. The van der Waals surface area contributed by atoms with Gasteiger partial charge < -0.3 is 21.5 Å². The molecule has 0 fully saturated rings. The molecule has 5 nitrogen and oxygen atoms in total. The second-order valence-corrected chi connectivity index (χ2v) is 4.77. The third-order valence-corrected chi connectivity index (χ3v) is 3.25. The van der Waals surface area contributed by atoms with Crippen LogP contribution in [0.5, 0.6) is 0 Å². The number of benzene rings is 2. The number of nitrogen functional groups attached to an aromatic ring is 1. The van der Waals surface area contributed by atoms with E-state index < -0.39 is 5.91 Å². The highest BCUT2D eigenvalue weighted by Crippen LogP contribution is 2.22. The Bertz CT molecular complexity index is 614. The standard InChI is InChI=1S/C16H19N3O2/c17-15-7-6-13(10-14(15)16(18)21)19(8-9-20)11-12-4-2-1-3-5-12/h1-7,10,20H,8-9,11,17H2,(H2,18,21). The molecule has 1 amide bonds. The van der Waals surface area contributed by atoms with Crippen LogP contribution < -0.4 is 16.4 Å². The SMILES string of the molecule is NC(=O)c1cc(N(CCO)Cc2ccccc2)ccc1N. The van der Waals surface area contributed by atoms with Crippen LogP contribution in [0, 0.1) is 0 Å². The van der Waals surface area contributed by atoms with Gasteiger partial charge in [-0.05, 0) is 23.8 Å². The minimum Gasteiger partial charge on any atom is -0.398 e. The smallest absolute Gasteiger partial charge is 0.250 e. The summed E-state index contributed by atoms with van der Waals surface area (Å²) in [6.45, 7) is 1.10. The topological polar surface area (TPSA) is 92.6 Å². The molecule has 0 saturated carbocycles. The van der Waals surface area contributed by atoms with Crippen LogP contribution >= 0.6 is 0 Å². The number of amides is 1. The number of rotatable bonds is 6. The first kappa shape index (κ1) is 14.9. The normalized spacial score (nSPS) is 10.3. The molecule has 0 bridgehead atoms. The van der Waals surface area contributed by atoms with Crippen LogP contribution in [0.1, 0.15) is 15.9 Å². The van der Waals surface area contributed by atoms with Gasteiger partial charge in [-0.25, -0.2) is 0 Å². The Labute approximate surface area is 123 Å². The first-order valence-corrected chi connectivity index (χ1v) is 6.71. The van der Waals surface area contributed by atoms with Crippen LogP contribution in [-0.2, 0) is 6.54 Å². The minimum absolute atomic E-state index is 0.0170.